The van der Waals surface area contributed by atoms with Gasteiger partial charge in [-0.15, -0.1) is 0 Å². The second-order valence-electron chi connectivity index (χ2n) is 9.05. The molecule has 1 N–H and O–H groups in total. The fraction of sp³-hybridized carbons (Fsp3) is 0.444. The van der Waals surface area contributed by atoms with Gasteiger partial charge in [-0.2, -0.15) is 12.6 Å². The van der Waals surface area contributed by atoms with Gasteiger partial charge in [-0.3, -0.25) is 14.3 Å². The van der Waals surface area contributed by atoms with Gasteiger partial charge in [-0.25, -0.2) is 0 Å². The lowest BCUT2D eigenvalue weighted by Crippen LogP contribution is -2.24. The van der Waals surface area contributed by atoms with Crippen LogP contribution in [0.2, 0.25) is 0 Å². The average molecular weight is 467 g/mol. The standard InChI is InChI=1S/C27H35FN4S/c1-29-25-16-23-18-32(13-6-11-28)12-4-9-21(23)17-26(25)31(2)19-24-15-22-8-3-7-20(10-5-14-33)27(22)30-24/h3,7-8,15-17,30,33H,1,4-6,9-14,18-19H2,2H3. The van der Waals surface area contributed by atoms with Crippen LogP contribution in [-0.4, -0.2) is 49.2 Å². The molecule has 0 unspecified atom stereocenters. The average Bonchev–Trinajstić information content (AvgIpc) is 3.13. The molecule has 33 heavy (non-hydrogen) atoms. The van der Waals surface area contributed by atoms with Gasteiger partial charge in [0.1, 0.15) is 0 Å². The van der Waals surface area contributed by atoms with Gasteiger partial charge in [0.25, 0.3) is 0 Å². The number of rotatable bonds is 10. The number of anilines is 1. The number of aliphatic imine (C=N–C) groups is 1. The van der Waals surface area contributed by atoms with Gasteiger partial charge in [0.2, 0.25) is 0 Å². The molecule has 6 heteroatoms. The molecule has 0 amide bonds. The third-order valence-corrected chi connectivity index (χ3v) is 6.93. The molecular formula is C27H35FN4S. The summed E-state index contributed by atoms with van der Waals surface area (Å²) in [5, 5.41) is 1.26. The summed E-state index contributed by atoms with van der Waals surface area (Å²) in [6, 6.07) is 13.2. The number of halogens is 1. The van der Waals surface area contributed by atoms with Gasteiger partial charge >= 0.3 is 0 Å². The molecule has 0 bridgehead atoms. The van der Waals surface area contributed by atoms with Crippen LogP contribution in [0.3, 0.4) is 0 Å². The van der Waals surface area contributed by atoms with E-state index in [4.69, 9.17) is 0 Å². The molecule has 2 heterocycles. The fourth-order valence-electron chi connectivity index (χ4n) is 4.94. The zero-order valence-electron chi connectivity index (χ0n) is 19.6. The van der Waals surface area contributed by atoms with Gasteiger partial charge in [-0.1, -0.05) is 18.2 Å². The Balaban J connectivity index is 1.56. The minimum absolute atomic E-state index is 0.253. The van der Waals surface area contributed by atoms with E-state index in [9.17, 15) is 4.39 Å². The minimum Gasteiger partial charge on any atom is -0.367 e. The summed E-state index contributed by atoms with van der Waals surface area (Å²) in [4.78, 5) is 12.6. The number of fused-ring (bicyclic) bond motifs is 2. The fourth-order valence-corrected chi connectivity index (χ4v) is 5.10. The molecule has 1 aliphatic heterocycles. The van der Waals surface area contributed by atoms with Gasteiger partial charge in [-0.05, 0) is 91.4 Å². The lowest BCUT2D eigenvalue weighted by molar-refractivity contribution is 0.254. The number of aromatic nitrogens is 1. The van der Waals surface area contributed by atoms with E-state index in [1.807, 2.05) is 0 Å². The Morgan fingerprint density at radius 3 is 2.88 bits per heavy atom. The summed E-state index contributed by atoms with van der Waals surface area (Å²) in [6.45, 7) is 7.04. The van der Waals surface area contributed by atoms with Crippen LogP contribution < -0.4 is 4.90 Å². The first-order valence-electron chi connectivity index (χ1n) is 11.9. The number of hydrogen-bond donors (Lipinski definition) is 2. The summed E-state index contributed by atoms with van der Waals surface area (Å²) >= 11 is 4.37. The van der Waals surface area contributed by atoms with Crippen molar-refractivity contribution in [1.29, 1.82) is 0 Å². The second kappa shape index (κ2) is 11.2. The molecule has 1 aromatic heterocycles. The van der Waals surface area contributed by atoms with Crippen LogP contribution in [0.4, 0.5) is 15.8 Å². The zero-order valence-corrected chi connectivity index (χ0v) is 20.5. The summed E-state index contributed by atoms with van der Waals surface area (Å²) in [6.07, 6.45) is 4.85. The van der Waals surface area contributed by atoms with Crippen molar-refractivity contribution in [2.45, 2.75) is 45.2 Å². The lowest BCUT2D eigenvalue weighted by Gasteiger charge is -2.23. The molecule has 0 saturated carbocycles. The van der Waals surface area contributed by atoms with E-state index < -0.39 is 0 Å². The summed E-state index contributed by atoms with van der Waals surface area (Å²) in [5.74, 6) is 0.899. The number of H-pyrrole nitrogens is 1. The number of aryl methyl sites for hydroxylation is 2. The first-order chi connectivity index (χ1) is 16.1. The number of aromatic amines is 1. The van der Waals surface area contributed by atoms with Crippen molar-refractivity contribution in [3.63, 3.8) is 0 Å². The normalized spacial score (nSPS) is 14.3. The highest BCUT2D eigenvalue weighted by Gasteiger charge is 2.18. The van der Waals surface area contributed by atoms with Crippen LogP contribution in [0.15, 0.2) is 41.4 Å². The zero-order chi connectivity index (χ0) is 23.2. The molecular weight excluding hydrogens is 431 g/mol. The second-order valence-corrected chi connectivity index (χ2v) is 9.50. The molecule has 1 aliphatic rings. The van der Waals surface area contributed by atoms with Gasteiger partial charge in [0.15, 0.2) is 0 Å². The van der Waals surface area contributed by atoms with Gasteiger partial charge in [0.05, 0.1) is 24.6 Å². The molecule has 3 aromatic rings. The first-order valence-corrected chi connectivity index (χ1v) is 12.6. The smallest absolute Gasteiger partial charge is 0.0906 e. The Kier molecular flexibility index (Phi) is 8.10. The third kappa shape index (κ3) is 5.61. The highest BCUT2D eigenvalue weighted by Crippen LogP contribution is 2.35. The van der Waals surface area contributed by atoms with Crippen molar-refractivity contribution < 1.29 is 4.39 Å². The van der Waals surface area contributed by atoms with Crippen LogP contribution in [0, 0.1) is 0 Å². The third-order valence-electron chi connectivity index (χ3n) is 6.61. The van der Waals surface area contributed by atoms with E-state index in [1.165, 1.54) is 33.3 Å². The van der Waals surface area contributed by atoms with E-state index in [2.05, 4.69) is 82.6 Å². The Hall–Kier alpha value is -2.31. The van der Waals surface area contributed by atoms with Gasteiger partial charge in [0, 0.05) is 31.3 Å². The molecule has 0 fully saturated rings. The highest BCUT2D eigenvalue weighted by atomic mass is 32.1. The van der Waals surface area contributed by atoms with E-state index in [1.54, 1.807) is 0 Å². The molecule has 2 aromatic carbocycles. The number of thiol groups is 1. The van der Waals surface area contributed by atoms with Crippen LogP contribution in [0.5, 0.6) is 0 Å². The Morgan fingerprint density at radius 2 is 2.09 bits per heavy atom. The minimum atomic E-state index is -0.253. The number of benzene rings is 2. The van der Waals surface area contributed by atoms with Crippen LogP contribution >= 0.6 is 12.6 Å². The molecule has 4 nitrogen and oxygen atoms in total. The molecule has 0 radical (unpaired) electrons. The number of alkyl halides is 1. The highest BCUT2D eigenvalue weighted by molar-refractivity contribution is 7.80. The molecule has 0 spiro atoms. The van der Waals surface area contributed by atoms with Crippen molar-refractivity contribution in [2.24, 2.45) is 4.99 Å². The summed E-state index contributed by atoms with van der Waals surface area (Å²) < 4.78 is 12.7. The van der Waals surface area contributed by atoms with Gasteiger partial charge < -0.3 is 9.88 Å². The van der Waals surface area contributed by atoms with Crippen LogP contribution in [-0.2, 0) is 25.9 Å². The van der Waals surface area contributed by atoms with Crippen molar-refractivity contribution in [3.8, 4) is 0 Å². The maximum atomic E-state index is 12.7. The Labute approximate surface area is 202 Å². The van der Waals surface area contributed by atoms with E-state index in [0.29, 0.717) is 6.42 Å². The molecule has 0 saturated heterocycles. The maximum Gasteiger partial charge on any atom is 0.0906 e. The molecule has 0 atom stereocenters. The van der Waals surface area contributed by atoms with Crippen LogP contribution in [0.25, 0.3) is 10.9 Å². The van der Waals surface area contributed by atoms with Crippen molar-refractivity contribution in [1.82, 2.24) is 9.88 Å². The summed E-state index contributed by atoms with van der Waals surface area (Å²) in [7, 11) is 2.12. The quantitative estimate of drug-likeness (QED) is 0.279. The lowest BCUT2D eigenvalue weighted by atomic mass is 10.0. The molecule has 4 rings (SSSR count). The first kappa shape index (κ1) is 23.8. The largest absolute Gasteiger partial charge is 0.367 e. The van der Waals surface area contributed by atoms with E-state index >= 15 is 0 Å². The van der Waals surface area contributed by atoms with E-state index in [-0.39, 0.29) is 6.67 Å². The van der Waals surface area contributed by atoms with Crippen LogP contribution in [0.1, 0.15) is 41.6 Å². The number of nitrogens with one attached hydrogen (secondary N) is 1. The number of nitrogens with zero attached hydrogens (tertiary/aromatic N) is 3. The predicted molar refractivity (Wildman–Crippen MR) is 142 cm³/mol. The monoisotopic (exact) mass is 466 g/mol. The van der Waals surface area contributed by atoms with Crippen molar-refractivity contribution >= 4 is 41.6 Å². The maximum absolute atomic E-state index is 12.7. The Morgan fingerprint density at radius 1 is 1.21 bits per heavy atom. The van der Waals surface area contributed by atoms with Crippen molar-refractivity contribution in [2.75, 3.05) is 37.5 Å². The SMILES string of the molecule is C=Nc1cc2c(cc1N(C)Cc1cc3cccc(CCCS)c3[nH]1)CCCN(CCCF)C2. The number of hydrogen-bond acceptors (Lipinski definition) is 4. The summed E-state index contributed by atoms with van der Waals surface area (Å²) in [5.41, 5.74) is 8.46. The molecule has 176 valence electrons. The topological polar surface area (TPSA) is 34.6 Å². The number of para-hydroxylation sites is 1. The Bertz CT molecular complexity index is 1090. The molecule has 0 aliphatic carbocycles. The van der Waals surface area contributed by atoms with Crippen molar-refractivity contribution in [3.05, 3.63) is 58.8 Å². The van der Waals surface area contributed by atoms with E-state index in [0.717, 1.165) is 69.0 Å². The predicted octanol–water partition coefficient (Wildman–Crippen LogP) is 6.11.